The number of nitrogens with zero attached hydrogens (tertiary/aromatic N) is 1. The highest BCUT2D eigenvalue weighted by Gasteiger charge is 2.34. The first kappa shape index (κ1) is 21.4. The molecule has 1 atom stereocenters. The predicted octanol–water partition coefficient (Wildman–Crippen LogP) is 1.80. The summed E-state index contributed by atoms with van der Waals surface area (Å²) in [6.45, 7) is 0.687. The maximum absolute atomic E-state index is 13.8. The topological polar surface area (TPSA) is 92.5 Å². The molecule has 1 aliphatic carbocycles. The van der Waals surface area contributed by atoms with Crippen LogP contribution in [0.5, 0.6) is 0 Å². The van der Waals surface area contributed by atoms with Crippen molar-refractivity contribution >= 4 is 27.7 Å². The molecule has 0 bridgehead atoms. The van der Waals surface area contributed by atoms with Gasteiger partial charge in [0, 0.05) is 18.3 Å². The summed E-state index contributed by atoms with van der Waals surface area (Å²) < 4.78 is 67.3. The molecule has 2 aliphatic rings. The first-order valence-corrected chi connectivity index (χ1v) is 11.6. The summed E-state index contributed by atoms with van der Waals surface area (Å²) >= 11 is 1.67. The number of thioether (sulfide) groups is 1. The van der Waals surface area contributed by atoms with E-state index in [4.69, 9.17) is 5.73 Å². The van der Waals surface area contributed by atoms with Crippen molar-refractivity contribution in [2.45, 2.75) is 42.7 Å². The Morgan fingerprint density at radius 3 is 2.46 bits per heavy atom. The van der Waals surface area contributed by atoms with Crippen molar-refractivity contribution in [3.05, 3.63) is 29.6 Å². The van der Waals surface area contributed by atoms with E-state index in [2.05, 4.69) is 4.72 Å². The highest BCUT2D eigenvalue weighted by molar-refractivity contribution is 7.99. The maximum Gasteiger partial charge on any atom is 0.243 e. The molecule has 1 amide bonds. The van der Waals surface area contributed by atoms with Crippen molar-refractivity contribution in [3.8, 4) is 0 Å². The first-order valence-electron chi connectivity index (χ1n) is 8.98. The minimum atomic E-state index is -4.34. The lowest BCUT2D eigenvalue weighted by Gasteiger charge is -2.33. The molecule has 0 aromatic heterocycles. The number of sulfonamides is 1. The van der Waals surface area contributed by atoms with E-state index in [1.807, 2.05) is 0 Å². The molecule has 3 N–H and O–H groups in total. The van der Waals surface area contributed by atoms with Gasteiger partial charge in [-0.25, -0.2) is 26.3 Å². The molecule has 1 aliphatic heterocycles. The first-order chi connectivity index (χ1) is 13.2. The molecule has 1 aromatic carbocycles. The molecule has 0 spiro atoms. The second-order valence-electron chi connectivity index (χ2n) is 7.07. The van der Waals surface area contributed by atoms with Gasteiger partial charge in [-0.15, -0.1) is 11.8 Å². The Morgan fingerprint density at radius 2 is 1.86 bits per heavy atom. The van der Waals surface area contributed by atoms with Gasteiger partial charge in [-0.1, -0.05) is 0 Å². The van der Waals surface area contributed by atoms with Gasteiger partial charge in [0.15, 0.2) is 17.5 Å². The lowest BCUT2D eigenvalue weighted by atomic mass is 9.81. The van der Waals surface area contributed by atoms with Crippen LogP contribution >= 0.6 is 11.8 Å². The number of hydrogen-bond donors (Lipinski definition) is 2. The van der Waals surface area contributed by atoms with Crippen molar-refractivity contribution in [3.63, 3.8) is 0 Å². The fourth-order valence-corrected chi connectivity index (χ4v) is 5.92. The summed E-state index contributed by atoms with van der Waals surface area (Å²) in [5, 5.41) is 0. The number of hydrogen-bond acceptors (Lipinski definition) is 5. The van der Waals surface area contributed by atoms with Crippen LogP contribution in [0.1, 0.15) is 25.7 Å². The number of nitrogens with one attached hydrogen (secondary N) is 1. The molecule has 1 saturated heterocycles. The molecular weight excluding hydrogens is 415 g/mol. The van der Waals surface area contributed by atoms with Gasteiger partial charge in [0.25, 0.3) is 0 Å². The van der Waals surface area contributed by atoms with Gasteiger partial charge in [0.2, 0.25) is 15.9 Å². The van der Waals surface area contributed by atoms with E-state index < -0.39 is 44.5 Å². The van der Waals surface area contributed by atoms with Crippen LogP contribution in [-0.4, -0.2) is 49.5 Å². The van der Waals surface area contributed by atoms with E-state index in [0.29, 0.717) is 50.2 Å². The molecule has 2 fully saturated rings. The quantitative estimate of drug-likeness (QED) is 0.686. The number of carbonyl (C=O) groups excluding carboxylic acids is 1. The largest absolute Gasteiger partial charge is 0.331 e. The Hall–Kier alpha value is -1.30. The Balaban J connectivity index is 1.59. The van der Waals surface area contributed by atoms with E-state index in [-0.39, 0.29) is 11.8 Å². The van der Waals surface area contributed by atoms with Crippen LogP contribution in [0.2, 0.25) is 0 Å². The molecule has 156 valence electrons. The molecular formula is C17H22F3N3O3S2. The van der Waals surface area contributed by atoms with Crippen molar-refractivity contribution in [2.75, 3.05) is 18.2 Å². The standard InChI is InChI=1S/C17H22F3N3O3S2/c18-12-5-6-13(15(20)14(12)19)28(25,26)22-11-3-1-10(2-4-11)16(21)17(24)23-7-8-27-9-23/h5-6,10-11,16,22H,1-4,7-9,21H2/t10?,11?,16-/m0/s1. The maximum atomic E-state index is 13.8. The Bertz CT molecular complexity index is 840. The van der Waals surface area contributed by atoms with Crippen molar-refractivity contribution < 1.29 is 26.4 Å². The zero-order valence-corrected chi connectivity index (χ0v) is 16.7. The van der Waals surface area contributed by atoms with Crippen molar-refractivity contribution in [1.29, 1.82) is 0 Å². The highest BCUT2D eigenvalue weighted by Crippen LogP contribution is 2.29. The van der Waals surface area contributed by atoms with Crippen LogP contribution in [0.4, 0.5) is 13.2 Å². The molecule has 28 heavy (non-hydrogen) atoms. The average molecular weight is 438 g/mol. The molecule has 0 radical (unpaired) electrons. The van der Waals surface area contributed by atoms with Crippen LogP contribution in [0.3, 0.4) is 0 Å². The molecule has 11 heteroatoms. The van der Waals surface area contributed by atoms with Gasteiger partial charge in [0.05, 0.1) is 11.9 Å². The monoisotopic (exact) mass is 437 g/mol. The zero-order valence-electron chi connectivity index (χ0n) is 15.0. The molecule has 1 aromatic rings. The lowest BCUT2D eigenvalue weighted by Crippen LogP contribution is -2.49. The molecule has 6 nitrogen and oxygen atoms in total. The van der Waals surface area contributed by atoms with Crippen molar-refractivity contribution in [2.24, 2.45) is 11.7 Å². The number of carbonyl (C=O) groups is 1. The third kappa shape index (κ3) is 4.47. The molecule has 0 unspecified atom stereocenters. The van der Waals surface area contributed by atoms with E-state index in [9.17, 15) is 26.4 Å². The van der Waals surface area contributed by atoms with Crippen LogP contribution in [0.25, 0.3) is 0 Å². The van der Waals surface area contributed by atoms with Gasteiger partial charge in [0.1, 0.15) is 4.90 Å². The number of benzene rings is 1. The van der Waals surface area contributed by atoms with Crippen LogP contribution in [0.15, 0.2) is 17.0 Å². The number of halogens is 3. The number of amides is 1. The Morgan fingerprint density at radius 1 is 1.18 bits per heavy atom. The van der Waals surface area contributed by atoms with Crippen LogP contribution in [0, 0.1) is 23.4 Å². The number of rotatable bonds is 5. The molecule has 1 heterocycles. The lowest BCUT2D eigenvalue weighted by molar-refractivity contribution is -0.132. The Labute approximate surface area is 166 Å². The third-order valence-corrected chi connectivity index (χ3v) is 7.74. The third-order valence-electron chi connectivity index (χ3n) is 5.24. The highest BCUT2D eigenvalue weighted by atomic mass is 32.2. The smallest absolute Gasteiger partial charge is 0.243 e. The van der Waals surface area contributed by atoms with Gasteiger partial charge in [-0.05, 0) is 43.7 Å². The summed E-state index contributed by atoms with van der Waals surface area (Å²) in [4.78, 5) is 13.2. The van der Waals surface area contributed by atoms with Gasteiger partial charge in [-0.2, -0.15) is 0 Å². The fourth-order valence-electron chi connectivity index (χ4n) is 3.60. The van der Waals surface area contributed by atoms with Crippen molar-refractivity contribution in [1.82, 2.24) is 9.62 Å². The van der Waals surface area contributed by atoms with E-state index in [0.717, 1.165) is 5.75 Å². The van der Waals surface area contributed by atoms with Gasteiger partial charge < -0.3 is 10.6 Å². The fraction of sp³-hybridized carbons (Fsp3) is 0.588. The summed E-state index contributed by atoms with van der Waals surface area (Å²) in [5.74, 6) is -3.62. The predicted molar refractivity (Wildman–Crippen MR) is 99.4 cm³/mol. The van der Waals surface area contributed by atoms with E-state index in [1.54, 1.807) is 16.7 Å². The SMILES string of the molecule is N[C@H](C(=O)N1CCSC1)C1CCC(NS(=O)(=O)c2ccc(F)c(F)c2F)CC1. The minimum absolute atomic E-state index is 0.0566. The second-order valence-corrected chi connectivity index (χ2v) is 9.83. The summed E-state index contributed by atoms with van der Waals surface area (Å²) in [6, 6.07) is 0.161. The summed E-state index contributed by atoms with van der Waals surface area (Å²) in [7, 11) is -4.34. The normalized spacial score (nSPS) is 24.4. The van der Waals surface area contributed by atoms with E-state index >= 15 is 0 Å². The summed E-state index contributed by atoms with van der Waals surface area (Å²) in [5.41, 5.74) is 6.12. The van der Waals surface area contributed by atoms with Crippen LogP contribution < -0.4 is 10.5 Å². The van der Waals surface area contributed by atoms with Gasteiger partial charge >= 0.3 is 0 Å². The molecule has 3 rings (SSSR count). The Kier molecular flexibility index (Phi) is 6.58. The van der Waals surface area contributed by atoms with E-state index in [1.165, 1.54) is 0 Å². The average Bonchev–Trinajstić information content (AvgIpc) is 3.20. The minimum Gasteiger partial charge on any atom is -0.331 e. The number of nitrogens with two attached hydrogens (primary N) is 1. The zero-order chi connectivity index (χ0) is 20.5. The molecule has 1 saturated carbocycles. The van der Waals surface area contributed by atoms with Crippen LogP contribution in [-0.2, 0) is 14.8 Å². The summed E-state index contributed by atoms with van der Waals surface area (Å²) in [6.07, 6.45) is 1.93. The van der Waals surface area contributed by atoms with Gasteiger partial charge in [-0.3, -0.25) is 4.79 Å². The second kappa shape index (κ2) is 8.60.